The van der Waals surface area contributed by atoms with Crippen LogP contribution in [0.1, 0.15) is 35.7 Å². The second-order valence-corrected chi connectivity index (χ2v) is 8.22. The SMILES string of the molecule is Cc1csc(C(NN)C2CCOC3(CCSC3)C2)c1Cl. The van der Waals surface area contributed by atoms with Crippen LogP contribution in [0.15, 0.2) is 5.38 Å². The number of hydrazine groups is 1. The molecule has 3 atom stereocenters. The summed E-state index contributed by atoms with van der Waals surface area (Å²) in [5.74, 6) is 8.69. The first-order valence-electron chi connectivity index (χ1n) is 7.06. The van der Waals surface area contributed by atoms with Crippen LogP contribution in [-0.4, -0.2) is 23.7 Å². The van der Waals surface area contributed by atoms with E-state index in [4.69, 9.17) is 22.2 Å². The Labute approximate surface area is 133 Å². The summed E-state index contributed by atoms with van der Waals surface area (Å²) in [5.41, 5.74) is 4.24. The van der Waals surface area contributed by atoms with Crippen molar-refractivity contribution in [3.63, 3.8) is 0 Å². The van der Waals surface area contributed by atoms with Crippen LogP contribution in [0.3, 0.4) is 0 Å². The first kappa shape index (κ1) is 15.1. The molecule has 3 N–H and O–H groups in total. The van der Waals surface area contributed by atoms with Gasteiger partial charge >= 0.3 is 0 Å². The van der Waals surface area contributed by atoms with E-state index in [1.165, 1.54) is 17.1 Å². The van der Waals surface area contributed by atoms with Crippen LogP contribution >= 0.6 is 34.7 Å². The number of nitrogens with two attached hydrogens (primary N) is 1. The fraction of sp³-hybridized carbons (Fsp3) is 0.714. The maximum Gasteiger partial charge on any atom is 0.0783 e. The Bertz CT molecular complexity index is 474. The maximum atomic E-state index is 6.43. The first-order chi connectivity index (χ1) is 9.65. The largest absolute Gasteiger partial charge is 0.374 e. The molecule has 2 aliphatic heterocycles. The fourth-order valence-electron chi connectivity index (χ4n) is 3.30. The zero-order valence-corrected chi connectivity index (χ0v) is 14.0. The molecule has 3 nitrogen and oxygen atoms in total. The lowest BCUT2D eigenvalue weighted by Gasteiger charge is -2.40. The van der Waals surface area contributed by atoms with Gasteiger partial charge in [-0.05, 0) is 48.8 Å². The summed E-state index contributed by atoms with van der Waals surface area (Å²) in [6.07, 6.45) is 3.30. The molecule has 3 rings (SSSR count). The molecule has 0 aliphatic carbocycles. The third-order valence-corrected chi connectivity index (χ3v) is 7.48. The van der Waals surface area contributed by atoms with Gasteiger partial charge in [-0.3, -0.25) is 11.3 Å². The predicted octanol–water partition coefficient (Wildman–Crippen LogP) is 3.52. The molecule has 2 aliphatic rings. The van der Waals surface area contributed by atoms with Crippen LogP contribution < -0.4 is 11.3 Å². The van der Waals surface area contributed by atoms with Crippen molar-refractivity contribution in [2.45, 2.75) is 37.8 Å². The molecule has 2 saturated heterocycles. The normalized spacial score (nSPS) is 31.9. The molecule has 3 heterocycles. The molecule has 0 saturated carbocycles. The number of hydrogen-bond donors (Lipinski definition) is 2. The summed E-state index contributed by atoms with van der Waals surface area (Å²) >= 11 is 10.1. The Morgan fingerprint density at radius 1 is 1.60 bits per heavy atom. The molecule has 0 aromatic carbocycles. The van der Waals surface area contributed by atoms with Gasteiger partial charge in [0.1, 0.15) is 0 Å². The average Bonchev–Trinajstić information content (AvgIpc) is 3.02. The quantitative estimate of drug-likeness (QED) is 0.657. The van der Waals surface area contributed by atoms with Crippen LogP contribution in [-0.2, 0) is 4.74 Å². The number of rotatable bonds is 3. The summed E-state index contributed by atoms with van der Waals surface area (Å²) in [5, 5.41) is 2.99. The van der Waals surface area contributed by atoms with E-state index in [0.717, 1.165) is 35.8 Å². The van der Waals surface area contributed by atoms with E-state index in [1.807, 2.05) is 11.8 Å². The predicted molar refractivity (Wildman–Crippen MR) is 87.5 cm³/mol. The highest BCUT2D eigenvalue weighted by Gasteiger charge is 2.43. The lowest BCUT2D eigenvalue weighted by Crippen LogP contribution is -2.44. The summed E-state index contributed by atoms with van der Waals surface area (Å²) in [7, 11) is 0. The lowest BCUT2D eigenvalue weighted by atomic mass is 9.81. The Hall–Kier alpha value is 0.220. The van der Waals surface area contributed by atoms with Crippen LogP contribution in [0.4, 0.5) is 0 Å². The molecule has 1 spiro atoms. The molecule has 0 amide bonds. The van der Waals surface area contributed by atoms with E-state index < -0.39 is 0 Å². The molecular formula is C14H21ClN2OS2. The van der Waals surface area contributed by atoms with Crippen molar-refractivity contribution in [2.75, 3.05) is 18.1 Å². The van der Waals surface area contributed by atoms with E-state index in [1.54, 1.807) is 11.3 Å². The molecule has 112 valence electrons. The molecule has 1 aromatic rings. The van der Waals surface area contributed by atoms with Crippen LogP contribution in [0.5, 0.6) is 0 Å². The zero-order valence-electron chi connectivity index (χ0n) is 11.7. The van der Waals surface area contributed by atoms with E-state index in [9.17, 15) is 0 Å². The van der Waals surface area contributed by atoms with E-state index in [2.05, 4.69) is 17.7 Å². The van der Waals surface area contributed by atoms with Gasteiger partial charge in [0, 0.05) is 17.2 Å². The van der Waals surface area contributed by atoms with Crippen molar-refractivity contribution in [2.24, 2.45) is 11.8 Å². The van der Waals surface area contributed by atoms with E-state index in [0.29, 0.717) is 5.92 Å². The van der Waals surface area contributed by atoms with Gasteiger partial charge in [-0.25, -0.2) is 0 Å². The van der Waals surface area contributed by atoms with Crippen molar-refractivity contribution >= 4 is 34.7 Å². The number of hydrogen-bond acceptors (Lipinski definition) is 5. The molecule has 20 heavy (non-hydrogen) atoms. The van der Waals surface area contributed by atoms with Crippen molar-refractivity contribution in [1.82, 2.24) is 5.43 Å². The van der Waals surface area contributed by atoms with E-state index in [-0.39, 0.29) is 11.6 Å². The van der Waals surface area contributed by atoms with Crippen LogP contribution in [0.25, 0.3) is 0 Å². The van der Waals surface area contributed by atoms with Gasteiger partial charge in [0.2, 0.25) is 0 Å². The summed E-state index contributed by atoms with van der Waals surface area (Å²) < 4.78 is 6.10. The third-order valence-electron chi connectivity index (χ3n) is 4.46. The van der Waals surface area contributed by atoms with Crippen LogP contribution in [0.2, 0.25) is 5.02 Å². The van der Waals surface area contributed by atoms with Gasteiger partial charge in [-0.15, -0.1) is 11.3 Å². The smallest absolute Gasteiger partial charge is 0.0783 e. The molecule has 3 unspecified atom stereocenters. The highest BCUT2D eigenvalue weighted by molar-refractivity contribution is 7.99. The van der Waals surface area contributed by atoms with Gasteiger partial charge in [-0.2, -0.15) is 11.8 Å². The van der Waals surface area contributed by atoms with Gasteiger partial charge in [-0.1, -0.05) is 11.6 Å². The number of aryl methyl sites for hydroxylation is 1. The van der Waals surface area contributed by atoms with Crippen LogP contribution in [0, 0.1) is 12.8 Å². The van der Waals surface area contributed by atoms with E-state index >= 15 is 0 Å². The van der Waals surface area contributed by atoms with Gasteiger partial charge < -0.3 is 4.74 Å². The minimum Gasteiger partial charge on any atom is -0.374 e. The van der Waals surface area contributed by atoms with Gasteiger partial charge in [0.05, 0.1) is 16.7 Å². The lowest BCUT2D eigenvalue weighted by molar-refractivity contribution is -0.0852. The molecule has 0 radical (unpaired) electrons. The standard InChI is InChI=1S/C14H21ClN2OS2/c1-9-7-20-13(11(9)15)12(17-16)10-2-4-18-14(6-10)3-5-19-8-14/h7,10,12,17H,2-6,8,16H2,1H3. The first-order valence-corrected chi connectivity index (χ1v) is 9.48. The molecule has 6 heteroatoms. The number of halogens is 1. The Morgan fingerprint density at radius 3 is 3.05 bits per heavy atom. The van der Waals surface area contributed by atoms with Crippen molar-refractivity contribution < 1.29 is 4.74 Å². The average molecular weight is 333 g/mol. The Kier molecular flexibility index (Phi) is 4.65. The summed E-state index contributed by atoms with van der Waals surface area (Å²) in [4.78, 5) is 1.18. The highest BCUT2D eigenvalue weighted by Crippen LogP contribution is 2.46. The molecule has 2 fully saturated rings. The van der Waals surface area contributed by atoms with Crippen molar-refractivity contribution in [1.29, 1.82) is 0 Å². The molecule has 0 bridgehead atoms. The van der Waals surface area contributed by atoms with Gasteiger partial charge in [0.25, 0.3) is 0 Å². The highest BCUT2D eigenvalue weighted by atomic mass is 35.5. The summed E-state index contributed by atoms with van der Waals surface area (Å²) in [6, 6.07) is 0.146. The second kappa shape index (κ2) is 6.15. The topological polar surface area (TPSA) is 47.3 Å². The van der Waals surface area contributed by atoms with Crippen molar-refractivity contribution in [3.8, 4) is 0 Å². The van der Waals surface area contributed by atoms with Crippen molar-refractivity contribution in [3.05, 3.63) is 20.8 Å². The third kappa shape index (κ3) is 2.76. The number of nitrogens with one attached hydrogen (secondary N) is 1. The number of thiophene rings is 1. The molecular weight excluding hydrogens is 312 g/mol. The summed E-state index contributed by atoms with van der Waals surface area (Å²) in [6.45, 7) is 2.89. The minimum absolute atomic E-state index is 0.0848. The minimum atomic E-state index is 0.0848. The van der Waals surface area contributed by atoms with Gasteiger partial charge in [0.15, 0.2) is 0 Å². The zero-order chi connectivity index (χ0) is 14.2. The number of thioether (sulfide) groups is 1. The second-order valence-electron chi connectivity index (χ2n) is 5.83. The number of ether oxygens (including phenoxy) is 1. The Balaban J connectivity index is 1.80. The monoisotopic (exact) mass is 332 g/mol. The Morgan fingerprint density at radius 2 is 2.45 bits per heavy atom. The molecule has 1 aromatic heterocycles. The fourth-order valence-corrected chi connectivity index (χ4v) is 6.14. The maximum absolute atomic E-state index is 6.43.